The molecule has 0 bridgehead atoms. The van der Waals surface area contributed by atoms with Crippen molar-refractivity contribution in [2.24, 2.45) is 0 Å². The van der Waals surface area contributed by atoms with Crippen molar-refractivity contribution in [2.45, 2.75) is 4.90 Å². The first-order valence-electron chi connectivity index (χ1n) is 8.72. The van der Waals surface area contributed by atoms with Gasteiger partial charge < -0.3 is 5.11 Å². The SMILES string of the molecule is CN(CC(=O)NNC(=O)c1ccc2ccccc2c1O)S(=O)(=O)c1ccc(Cl)cc1. The topological polar surface area (TPSA) is 116 Å². The van der Waals surface area contributed by atoms with E-state index in [4.69, 9.17) is 11.6 Å². The van der Waals surface area contributed by atoms with Crippen LogP contribution in [0.25, 0.3) is 10.8 Å². The van der Waals surface area contributed by atoms with Gasteiger partial charge in [-0.2, -0.15) is 4.31 Å². The smallest absolute Gasteiger partial charge is 0.273 e. The molecule has 3 aromatic carbocycles. The van der Waals surface area contributed by atoms with Gasteiger partial charge in [0, 0.05) is 17.5 Å². The maximum atomic E-state index is 12.5. The van der Waals surface area contributed by atoms with E-state index in [2.05, 4.69) is 10.9 Å². The highest BCUT2D eigenvalue weighted by Crippen LogP contribution is 2.28. The van der Waals surface area contributed by atoms with E-state index in [1.54, 1.807) is 30.3 Å². The Morgan fingerprint density at radius 1 is 1.00 bits per heavy atom. The summed E-state index contributed by atoms with van der Waals surface area (Å²) in [7, 11) is -2.67. The number of rotatable bonds is 5. The third-order valence-electron chi connectivity index (χ3n) is 4.35. The van der Waals surface area contributed by atoms with Crippen LogP contribution in [0.3, 0.4) is 0 Å². The van der Waals surface area contributed by atoms with E-state index < -0.39 is 28.4 Å². The minimum atomic E-state index is -3.91. The van der Waals surface area contributed by atoms with E-state index in [0.717, 1.165) is 9.69 Å². The van der Waals surface area contributed by atoms with Crippen LogP contribution in [0.1, 0.15) is 10.4 Å². The summed E-state index contributed by atoms with van der Waals surface area (Å²) in [6.07, 6.45) is 0. The van der Waals surface area contributed by atoms with Gasteiger partial charge in [0.2, 0.25) is 10.0 Å². The van der Waals surface area contributed by atoms with Gasteiger partial charge in [0.1, 0.15) is 5.75 Å². The third-order valence-corrected chi connectivity index (χ3v) is 6.42. The number of halogens is 1. The second-order valence-corrected chi connectivity index (χ2v) is 8.88. The highest BCUT2D eigenvalue weighted by atomic mass is 35.5. The summed E-state index contributed by atoms with van der Waals surface area (Å²) in [4.78, 5) is 24.4. The molecule has 0 spiro atoms. The molecule has 0 aromatic heterocycles. The first kappa shape index (κ1) is 21.6. The zero-order valence-corrected chi connectivity index (χ0v) is 17.4. The van der Waals surface area contributed by atoms with E-state index in [-0.39, 0.29) is 16.2 Å². The zero-order chi connectivity index (χ0) is 21.9. The minimum absolute atomic E-state index is 0.0210. The molecule has 0 saturated heterocycles. The van der Waals surface area contributed by atoms with Gasteiger partial charge in [0.25, 0.3) is 11.8 Å². The second-order valence-electron chi connectivity index (χ2n) is 6.40. The number of benzene rings is 3. The number of hydrogen-bond donors (Lipinski definition) is 3. The van der Waals surface area contributed by atoms with Gasteiger partial charge in [-0.25, -0.2) is 8.42 Å². The molecule has 0 aliphatic carbocycles. The van der Waals surface area contributed by atoms with Crippen molar-refractivity contribution < 1.29 is 23.1 Å². The number of likely N-dealkylation sites (N-methyl/N-ethyl adjacent to an activating group) is 1. The number of phenolic OH excluding ortho intramolecular Hbond substituents is 1. The van der Waals surface area contributed by atoms with Crippen molar-refractivity contribution in [3.8, 4) is 5.75 Å². The summed E-state index contributed by atoms with van der Waals surface area (Å²) in [5, 5.41) is 11.9. The molecular weight excluding hydrogens is 430 g/mol. The van der Waals surface area contributed by atoms with Crippen LogP contribution in [0.2, 0.25) is 5.02 Å². The Hall–Kier alpha value is -3.14. The molecule has 3 aromatic rings. The van der Waals surface area contributed by atoms with Gasteiger partial charge >= 0.3 is 0 Å². The van der Waals surface area contributed by atoms with Crippen molar-refractivity contribution in [3.63, 3.8) is 0 Å². The maximum absolute atomic E-state index is 12.5. The molecule has 0 heterocycles. The lowest BCUT2D eigenvalue weighted by molar-refractivity contribution is -0.121. The van der Waals surface area contributed by atoms with Gasteiger partial charge in [-0.1, -0.05) is 41.9 Å². The predicted molar refractivity (Wildman–Crippen MR) is 112 cm³/mol. The summed E-state index contributed by atoms with van der Waals surface area (Å²) in [6.45, 7) is -0.533. The molecule has 0 radical (unpaired) electrons. The van der Waals surface area contributed by atoms with Crippen LogP contribution < -0.4 is 10.9 Å². The predicted octanol–water partition coefficient (Wildman–Crippen LogP) is 2.28. The first-order chi connectivity index (χ1) is 14.2. The standard InChI is InChI=1S/C20H18ClN3O5S/c1-24(30(28,29)15-9-7-14(21)8-10-15)12-18(25)22-23-20(27)17-11-6-13-4-2-3-5-16(13)19(17)26/h2-11,26H,12H2,1H3,(H,22,25)(H,23,27). The number of amides is 2. The van der Waals surface area contributed by atoms with Gasteiger partial charge in [0.05, 0.1) is 17.0 Å². The molecule has 0 saturated carbocycles. The lowest BCUT2D eigenvalue weighted by Gasteiger charge is -2.17. The molecule has 0 aliphatic heterocycles. The molecular formula is C20H18ClN3O5S. The number of phenols is 1. The first-order valence-corrected chi connectivity index (χ1v) is 10.5. The Balaban J connectivity index is 1.63. The molecule has 10 heteroatoms. The van der Waals surface area contributed by atoms with E-state index >= 15 is 0 Å². The van der Waals surface area contributed by atoms with Crippen molar-refractivity contribution in [1.82, 2.24) is 15.2 Å². The van der Waals surface area contributed by atoms with Crippen LogP contribution in [-0.4, -0.2) is 43.2 Å². The van der Waals surface area contributed by atoms with E-state index in [1.807, 2.05) is 0 Å². The average molecular weight is 448 g/mol. The number of nitrogens with one attached hydrogen (secondary N) is 2. The molecule has 0 fully saturated rings. The lowest BCUT2D eigenvalue weighted by Crippen LogP contribution is -2.46. The average Bonchev–Trinajstić information content (AvgIpc) is 2.72. The van der Waals surface area contributed by atoms with Crippen LogP contribution in [0.4, 0.5) is 0 Å². The molecule has 2 amide bonds. The fourth-order valence-electron chi connectivity index (χ4n) is 2.75. The highest BCUT2D eigenvalue weighted by molar-refractivity contribution is 7.89. The van der Waals surface area contributed by atoms with Gasteiger partial charge in [0.15, 0.2) is 0 Å². The molecule has 0 aliphatic rings. The Bertz CT molecular complexity index is 1210. The lowest BCUT2D eigenvalue weighted by atomic mass is 10.1. The number of nitrogens with zero attached hydrogens (tertiary/aromatic N) is 1. The van der Waals surface area contributed by atoms with Gasteiger partial charge in [-0.15, -0.1) is 0 Å². The van der Waals surface area contributed by atoms with Gasteiger partial charge in [-0.3, -0.25) is 20.4 Å². The van der Waals surface area contributed by atoms with Crippen LogP contribution in [0.5, 0.6) is 5.75 Å². The van der Waals surface area contributed by atoms with Crippen molar-refractivity contribution in [2.75, 3.05) is 13.6 Å². The Morgan fingerprint density at radius 2 is 1.67 bits per heavy atom. The van der Waals surface area contributed by atoms with E-state index in [0.29, 0.717) is 10.4 Å². The summed E-state index contributed by atoms with van der Waals surface area (Å²) >= 11 is 5.76. The number of aromatic hydroxyl groups is 1. The number of fused-ring (bicyclic) bond motifs is 1. The number of sulfonamides is 1. The van der Waals surface area contributed by atoms with Crippen LogP contribution in [0, 0.1) is 0 Å². The molecule has 156 valence electrons. The molecule has 30 heavy (non-hydrogen) atoms. The molecule has 0 unspecified atom stereocenters. The number of hydrogen-bond acceptors (Lipinski definition) is 5. The summed E-state index contributed by atoms with van der Waals surface area (Å²) in [5.74, 6) is -1.72. The summed E-state index contributed by atoms with van der Waals surface area (Å²) < 4.78 is 25.8. The van der Waals surface area contributed by atoms with Crippen LogP contribution in [-0.2, 0) is 14.8 Å². The Kier molecular flexibility index (Phi) is 6.25. The molecule has 8 nitrogen and oxygen atoms in total. The van der Waals surface area contributed by atoms with Crippen molar-refractivity contribution >= 4 is 44.2 Å². The molecule has 3 rings (SSSR count). The molecule has 3 N–H and O–H groups in total. The maximum Gasteiger partial charge on any atom is 0.273 e. The molecule has 0 atom stereocenters. The van der Waals surface area contributed by atoms with E-state index in [9.17, 15) is 23.1 Å². The number of carbonyl (C=O) groups excluding carboxylic acids is 2. The Morgan fingerprint density at radius 3 is 2.37 bits per heavy atom. The van der Waals surface area contributed by atoms with Gasteiger partial charge in [-0.05, 0) is 35.7 Å². The zero-order valence-electron chi connectivity index (χ0n) is 15.8. The fraction of sp³-hybridized carbons (Fsp3) is 0.100. The van der Waals surface area contributed by atoms with Crippen molar-refractivity contribution in [1.29, 1.82) is 0 Å². The monoisotopic (exact) mass is 447 g/mol. The van der Waals surface area contributed by atoms with Crippen LogP contribution in [0.15, 0.2) is 65.6 Å². The number of hydrazine groups is 1. The normalized spacial score (nSPS) is 11.4. The third kappa shape index (κ3) is 4.54. The summed E-state index contributed by atoms with van der Waals surface area (Å²) in [5.41, 5.74) is 4.28. The van der Waals surface area contributed by atoms with Crippen molar-refractivity contribution in [3.05, 3.63) is 71.2 Å². The summed E-state index contributed by atoms with van der Waals surface area (Å²) in [6, 6.07) is 15.6. The fourth-order valence-corrected chi connectivity index (χ4v) is 4.00. The minimum Gasteiger partial charge on any atom is -0.506 e. The Labute approximate surface area is 178 Å². The van der Waals surface area contributed by atoms with E-state index in [1.165, 1.54) is 37.4 Å². The second kappa shape index (κ2) is 8.70. The highest BCUT2D eigenvalue weighted by Gasteiger charge is 2.23. The van der Waals surface area contributed by atoms with Crippen LogP contribution >= 0.6 is 11.6 Å². The quantitative estimate of drug-likeness (QED) is 0.519. The largest absolute Gasteiger partial charge is 0.506 e. The number of carbonyl (C=O) groups is 2.